The minimum Gasteiger partial charge on any atom is -0.308 e. The first-order valence-electron chi connectivity index (χ1n) is 10.1. The van der Waals surface area contributed by atoms with Gasteiger partial charge in [0.15, 0.2) is 0 Å². The largest absolute Gasteiger partial charge is 0.308 e. The van der Waals surface area contributed by atoms with E-state index in [0.29, 0.717) is 11.5 Å². The Labute approximate surface area is 162 Å². The second-order valence-corrected chi connectivity index (χ2v) is 9.52. The Morgan fingerprint density at radius 2 is 1.89 bits per heavy atom. The zero-order valence-corrected chi connectivity index (χ0v) is 17.2. The van der Waals surface area contributed by atoms with E-state index < -0.39 is 0 Å². The average Bonchev–Trinajstić information content (AvgIpc) is 2.92. The smallest absolute Gasteiger partial charge is 0.0964 e. The van der Waals surface area contributed by atoms with Crippen LogP contribution in [0.5, 0.6) is 0 Å². The highest BCUT2D eigenvalue weighted by atomic mass is 15.3. The van der Waals surface area contributed by atoms with Crippen molar-refractivity contribution in [3.05, 3.63) is 29.7 Å². The molecule has 4 rings (SSSR count). The van der Waals surface area contributed by atoms with Crippen molar-refractivity contribution < 1.29 is 0 Å². The molecule has 1 N–H and O–H groups in total. The van der Waals surface area contributed by atoms with Crippen molar-refractivity contribution in [2.75, 3.05) is 19.6 Å². The van der Waals surface area contributed by atoms with Gasteiger partial charge in [0.05, 0.1) is 17.1 Å². The van der Waals surface area contributed by atoms with Crippen LogP contribution >= 0.6 is 0 Å². The molecule has 1 saturated carbocycles. The lowest BCUT2D eigenvalue weighted by molar-refractivity contribution is 0.239. The number of aromatic nitrogens is 4. The van der Waals surface area contributed by atoms with Crippen LogP contribution in [0.3, 0.4) is 0 Å². The van der Waals surface area contributed by atoms with Gasteiger partial charge in [-0.05, 0) is 49.3 Å². The molecule has 0 bridgehead atoms. The number of nitrogens with zero attached hydrogens (tertiary/aromatic N) is 5. The zero-order valence-electron chi connectivity index (χ0n) is 17.2. The Morgan fingerprint density at radius 3 is 2.44 bits per heavy atom. The summed E-state index contributed by atoms with van der Waals surface area (Å²) in [5, 5.41) is 16.9. The molecular formula is C21H32N6. The maximum atomic E-state index is 4.41. The first kappa shape index (κ1) is 18.6. The summed E-state index contributed by atoms with van der Waals surface area (Å²) in [5.41, 5.74) is 4.37. The number of rotatable bonds is 6. The standard InChI is InChI=1S/C21H32N6/c1-14-16(11-26(5)25-14)19-7-6-15(23-24-19)10-22-20-17-12-27(13-18(17)20)9-8-21(2,3)4/h6-7,11,17-18,20,22H,8-10,12-13H2,1-5H3/t17-,18+,20-. The molecule has 0 unspecified atom stereocenters. The SMILES string of the molecule is Cc1nn(C)cc1-c1ccc(CN[C@@H]2[C@@H]3CN(CCC(C)(C)C)C[C@@H]32)nn1. The average molecular weight is 369 g/mol. The van der Waals surface area contributed by atoms with Gasteiger partial charge >= 0.3 is 0 Å². The van der Waals surface area contributed by atoms with Gasteiger partial charge in [-0.15, -0.1) is 0 Å². The summed E-state index contributed by atoms with van der Waals surface area (Å²) < 4.78 is 1.82. The second-order valence-electron chi connectivity index (χ2n) is 9.52. The molecule has 1 saturated heterocycles. The minimum atomic E-state index is 0.434. The lowest BCUT2D eigenvalue weighted by Gasteiger charge is -2.25. The first-order chi connectivity index (χ1) is 12.8. The van der Waals surface area contributed by atoms with Crippen LogP contribution in [0, 0.1) is 24.2 Å². The molecule has 6 nitrogen and oxygen atoms in total. The third-order valence-corrected chi connectivity index (χ3v) is 5.98. The normalized spacial score (nSPS) is 25.0. The van der Waals surface area contributed by atoms with Crippen molar-refractivity contribution in [1.82, 2.24) is 30.2 Å². The summed E-state index contributed by atoms with van der Waals surface area (Å²) >= 11 is 0. The highest BCUT2D eigenvalue weighted by molar-refractivity contribution is 5.60. The fourth-order valence-corrected chi connectivity index (χ4v) is 4.26. The Hall–Kier alpha value is -1.79. The van der Waals surface area contributed by atoms with Crippen molar-refractivity contribution in [3.8, 4) is 11.3 Å². The fraction of sp³-hybridized carbons (Fsp3) is 0.667. The molecule has 1 aliphatic heterocycles. The number of aryl methyl sites for hydroxylation is 2. The van der Waals surface area contributed by atoms with Gasteiger partial charge in [0.2, 0.25) is 0 Å². The van der Waals surface area contributed by atoms with Crippen molar-refractivity contribution in [3.63, 3.8) is 0 Å². The molecule has 27 heavy (non-hydrogen) atoms. The Kier molecular flexibility index (Phi) is 4.80. The molecule has 2 fully saturated rings. The predicted molar refractivity (Wildman–Crippen MR) is 107 cm³/mol. The van der Waals surface area contributed by atoms with E-state index >= 15 is 0 Å². The summed E-state index contributed by atoms with van der Waals surface area (Å²) in [5.74, 6) is 1.66. The summed E-state index contributed by atoms with van der Waals surface area (Å²) in [6.07, 6.45) is 3.27. The molecule has 0 spiro atoms. The number of likely N-dealkylation sites (tertiary alicyclic amines) is 1. The van der Waals surface area contributed by atoms with Crippen LogP contribution in [-0.2, 0) is 13.6 Å². The van der Waals surface area contributed by atoms with E-state index in [0.717, 1.165) is 41.0 Å². The molecule has 0 aromatic carbocycles. The number of hydrogen-bond donors (Lipinski definition) is 1. The molecule has 0 radical (unpaired) electrons. The lowest BCUT2D eigenvalue weighted by atomic mass is 9.92. The van der Waals surface area contributed by atoms with Crippen LogP contribution in [0.15, 0.2) is 18.3 Å². The van der Waals surface area contributed by atoms with Gasteiger partial charge < -0.3 is 10.2 Å². The summed E-state index contributed by atoms with van der Waals surface area (Å²) in [6.45, 7) is 13.5. The highest BCUT2D eigenvalue weighted by Gasteiger charge is 2.55. The van der Waals surface area contributed by atoms with Crippen LogP contribution in [-0.4, -0.2) is 50.6 Å². The molecule has 2 aromatic heterocycles. The Morgan fingerprint density at radius 1 is 1.15 bits per heavy atom. The van der Waals surface area contributed by atoms with Crippen molar-refractivity contribution in [2.45, 2.75) is 46.7 Å². The second kappa shape index (κ2) is 6.99. The van der Waals surface area contributed by atoms with Gasteiger partial charge in [-0.1, -0.05) is 20.8 Å². The van der Waals surface area contributed by atoms with Gasteiger partial charge in [0.1, 0.15) is 0 Å². The lowest BCUT2D eigenvalue weighted by Crippen LogP contribution is -2.33. The molecule has 3 atom stereocenters. The maximum absolute atomic E-state index is 4.41. The summed E-state index contributed by atoms with van der Waals surface area (Å²) in [4.78, 5) is 2.64. The molecule has 1 aliphatic carbocycles. The van der Waals surface area contributed by atoms with E-state index in [-0.39, 0.29) is 0 Å². The molecule has 2 aromatic rings. The number of hydrogen-bond acceptors (Lipinski definition) is 5. The van der Waals surface area contributed by atoms with Crippen molar-refractivity contribution in [2.24, 2.45) is 24.3 Å². The third kappa shape index (κ3) is 4.22. The van der Waals surface area contributed by atoms with Crippen molar-refractivity contribution >= 4 is 0 Å². The van der Waals surface area contributed by atoms with Gasteiger partial charge in [-0.25, -0.2) is 0 Å². The van der Waals surface area contributed by atoms with E-state index in [1.807, 2.05) is 24.9 Å². The predicted octanol–water partition coefficient (Wildman–Crippen LogP) is 2.64. The molecule has 0 amide bonds. The highest BCUT2D eigenvalue weighted by Crippen LogP contribution is 2.45. The van der Waals surface area contributed by atoms with Crippen LogP contribution < -0.4 is 5.32 Å². The molecule has 2 aliphatic rings. The number of piperidine rings is 1. The van der Waals surface area contributed by atoms with E-state index in [4.69, 9.17) is 0 Å². The van der Waals surface area contributed by atoms with Crippen LogP contribution in [0.1, 0.15) is 38.6 Å². The van der Waals surface area contributed by atoms with Crippen molar-refractivity contribution in [1.29, 1.82) is 0 Å². The van der Waals surface area contributed by atoms with Crippen LogP contribution in [0.4, 0.5) is 0 Å². The molecule has 146 valence electrons. The fourth-order valence-electron chi connectivity index (χ4n) is 4.26. The van der Waals surface area contributed by atoms with Crippen LogP contribution in [0.2, 0.25) is 0 Å². The molecular weight excluding hydrogens is 336 g/mol. The van der Waals surface area contributed by atoms with E-state index in [1.165, 1.54) is 26.1 Å². The van der Waals surface area contributed by atoms with E-state index in [2.05, 4.69) is 58.4 Å². The topological polar surface area (TPSA) is 58.9 Å². The van der Waals surface area contributed by atoms with Crippen LogP contribution in [0.25, 0.3) is 11.3 Å². The summed E-state index contributed by atoms with van der Waals surface area (Å²) in [6, 6.07) is 4.80. The van der Waals surface area contributed by atoms with E-state index in [9.17, 15) is 0 Å². The monoisotopic (exact) mass is 368 g/mol. The quantitative estimate of drug-likeness (QED) is 0.849. The molecule has 6 heteroatoms. The minimum absolute atomic E-state index is 0.434. The third-order valence-electron chi connectivity index (χ3n) is 5.98. The zero-order chi connectivity index (χ0) is 19.2. The van der Waals surface area contributed by atoms with Gasteiger partial charge in [-0.3, -0.25) is 4.68 Å². The van der Waals surface area contributed by atoms with E-state index in [1.54, 1.807) is 0 Å². The summed E-state index contributed by atoms with van der Waals surface area (Å²) in [7, 11) is 1.93. The van der Waals surface area contributed by atoms with Gasteiger partial charge in [0, 0.05) is 44.5 Å². The molecule has 3 heterocycles. The van der Waals surface area contributed by atoms with Gasteiger partial charge in [0.25, 0.3) is 0 Å². The van der Waals surface area contributed by atoms with Gasteiger partial charge in [-0.2, -0.15) is 15.3 Å². The Balaban J connectivity index is 1.24. The Bertz CT molecular complexity index is 776. The maximum Gasteiger partial charge on any atom is 0.0964 e. The number of fused-ring (bicyclic) bond motifs is 1. The first-order valence-corrected chi connectivity index (χ1v) is 10.1. The number of nitrogens with one attached hydrogen (secondary N) is 1.